The molecule has 0 saturated carbocycles. The predicted molar refractivity (Wildman–Crippen MR) is 62.3 cm³/mol. The van der Waals surface area contributed by atoms with Crippen LogP contribution in [0, 0.1) is 6.92 Å². The van der Waals surface area contributed by atoms with Gasteiger partial charge in [0.05, 0.1) is 11.4 Å². The highest BCUT2D eigenvalue weighted by atomic mass is 32.2. The van der Waals surface area contributed by atoms with E-state index in [2.05, 4.69) is 15.1 Å². The molecule has 0 bridgehead atoms. The number of carboxylic acids is 1. The van der Waals surface area contributed by atoms with Crippen molar-refractivity contribution in [1.29, 1.82) is 0 Å². The van der Waals surface area contributed by atoms with Crippen LogP contribution in [0.15, 0.2) is 29.6 Å². The molecular formula is C10H10N4O2S. The third-order valence-corrected chi connectivity index (χ3v) is 2.86. The lowest BCUT2D eigenvalue weighted by atomic mass is 10.5. The Morgan fingerprint density at radius 2 is 2.18 bits per heavy atom. The van der Waals surface area contributed by atoms with Crippen molar-refractivity contribution < 1.29 is 9.90 Å². The molecule has 0 radical (unpaired) electrons. The molecule has 2 rings (SSSR count). The van der Waals surface area contributed by atoms with E-state index < -0.39 is 5.97 Å². The molecule has 0 atom stereocenters. The molecule has 17 heavy (non-hydrogen) atoms. The Labute approximate surface area is 102 Å². The number of thioether (sulfide) groups is 1. The quantitative estimate of drug-likeness (QED) is 0.820. The molecule has 0 unspecified atom stereocenters. The number of aromatic nitrogens is 4. The molecule has 0 aliphatic carbocycles. The fourth-order valence-corrected chi connectivity index (χ4v) is 2.03. The van der Waals surface area contributed by atoms with Gasteiger partial charge in [0.25, 0.3) is 5.95 Å². The lowest BCUT2D eigenvalue weighted by Gasteiger charge is -2.02. The largest absolute Gasteiger partial charge is 0.481 e. The summed E-state index contributed by atoms with van der Waals surface area (Å²) in [5.74, 6) is -0.444. The first-order valence-electron chi connectivity index (χ1n) is 4.85. The van der Waals surface area contributed by atoms with E-state index in [1.165, 1.54) is 11.8 Å². The standard InChI is InChI=1S/C10H10N4O2S/c1-7-5-8(17-6-9(15)16)14(13-7)10-11-3-2-4-12-10/h2-5H,6H2,1H3,(H,15,16). The van der Waals surface area contributed by atoms with Crippen LogP contribution < -0.4 is 0 Å². The fourth-order valence-electron chi connectivity index (χ4n) is 1.26. The van der Waals surface area contributed by atoms with Crippen molar-refractivity contribution >= 4 is 17.7 Å². The van der Waals surface area contributed by atoms with Gasteiger partial charge in [0.1, 0.15) is 5.03 Å². The average Bonchev–Trinajstić information content (AvgIpc) is 2.69. The summed E-state index contributed by atoms with van der Waals surface area (Å²) < 4.78 is 1.54. The van der Waals surface area contributed by atoms with Gasteiger partial charge in [-0.3, -0.25) is 4.79 Å². The molecule has 7 heteroatoms. The zero-order valence-electron chi connectivity index (χ0n) is 9.07. The highest BCUT2D eigenvalue weighted by Crippen LogP contribution is 2.20. The Morgan fingerprint density at radius 3 is 2.82 bits per heavy atom. The fraction of sp³-hybridized carbons (Fsp3) is 0.200. The Bertz CT molecular complexity index is 526. The van der Waals surface area contributed by atoms with Crippen LogP contribution in [0.4, 0.5) is 0 Å². The van der Waals surface area contributed by atoms with E-state index in [1.54, 1.807) is 23.1 Å². The van der Waals surface area contributed by atoms with E-state index in [0.717, 1.165) is 10.7 Å². The summed E-state index contributed by atoms with van der Waals surface area (Å²) in [5, 5.41) is 13.6. The smallest absolute Gasteiger partial charge is 0.313 e. The van der Waals surface area contributed by atoms with Crippen molar-refractivity contribution in [2.45, 2.75) is 11.9 Å². The van der Waals surface area contributed by atoms with Gasteiger partial charge in [-0.15, -0.1) is 0 Å². The molecular weight excluding hydrogens is 240 g/mol. The molecule has 0 fully saturated rings. The Hall–Kier alpha value is -1.89. The van der Waals surface area contributed by atoms with Crippen LogP contribution in [0.2, 0.25) is 0 Å². The van der Waals surface area contributed by atoms with E-state index in [1.807, 2.05) is 13.0 Å². The maximum Gasteiger partial charge on any atom is 0.313 e. The highest BCUT2D eigenvalue weighted by molar-refractivity contribution is 7.99. The van der Waals surface area contributed by atoms with Gasteiger partial charge in [-0.25, -0.2) is 9.97 Å². The first kappa shape index (κ1) is 11.6. The maximum atomic E-state index is 10.5. The predicted octanol–water partition coefficient (Wildman–Crippen LogP) is 1.15. The lowest BCUT2D eigenvalue weighted by Crippen LogP contribution is -2.05. The number of carboxylic acid groups (broad SMARTS) is 1. The van der Waals surface area contributed by atoms with Crippen molar-refractivity contribution in [3.05, 3.63) is 30.2 Å². The van der Waals surface area contributed by atoms with Crippen molar-refractivity contribution in [1.82, 2.24) is 19.7 Å². The molecule has 0 aromatic carbocycles. The van der Waals surface area contributed by atoms with Crippen molar-refractivity contribution in [3.63, 3.8) is 0 Å². The van der Waals surface area contributed by atoms with E-state index in [0.29, 0.717) is 5.95 Å². The van der Waals surface area contributed by atoms with Crippen LogP contribution in [0.3, 0.4) is 0 Å². The molecule has 2 aromatic rings. The first-order chi connectivity index (χ1) is 8.16. The number of aliphatic carboxylic acids is 1. The third kappa shape index (κ3) is 2.82. The van der Waals surface area contributed by atoms with Gasteiger partial charge < -0.3 is 5.11 Å². The topological polar surface area (TPSA) is 80.9 Å². The Morgan fingerprint density at radius 1 is 1.47 bits per heavy atom. The zero-order valence-corrected chi connectivity index (χ0v) is 9.89. The summed E-state index contributed by atoms with van der Waals surface area (Å²) in [6.45, 7) is 1.84. The summed E-state index contributed by atoms with van der Waals surface area (Å²) in [7, 11) is 0. The molecule has 0 spiro atoms. The zero-order chi connectivity index (χ0) is 12.3. The Balaban J connectivity index is 2.31. The molecule has 0 aliphatic rings. The molecule has 2 heterocycles. The van der Waals surface area contributed by atoms with Crippen molar-refractivity contribution in [3.8, 4) is 5.95 Å². The number of carbonyl (C=O) groups is 1. The molecule has 2 aromatic heterocycles. The van der Waals surface area contributed by atoms with Crippen LogP contribution >= 0.6 is 11.8 Å². The summed E-state index contributed by atoms with van der Waals surface area (Å²) in [6, 6.07) is 3.52. The SMILES string of the molecule is Cc1cc(SCC(=O)O)n(-c2ncccn2)n1. The van der Waals surface area contributed by atoms with Crippen molar-refractivity contribution in [2.75, 3.05) is 5.75 Å². The van der Waals surface area contributed by atoms with Gasteiger partial charge in [0.15, 0.2) is 0 Å². The van der Waals surface area contributed by atoms with Gasteiger partial charge in [0, 0.05) is 12.4 Å². The number of rotatable bonds is 4. The van der Waals surface area contributed by atoms with Crippen LogP contribution in [-0.4, -0.2) is 36.6 Å². The Kier molecular flexibility index (Phi) is 3.38. The van der Waals surface area contributed by atoms with Crippen LogP contribution in [0.1, 0.15) is 5.69 Å². The van der Waals surface area contributed by atoms with Crippen LogP contribution in [0.5, 0.6) is 0 Å². The number of hydrogen-bond donors (Lipinski definition) is 1. The van der Waals surface area contributed by atoms with E-state index in [4.69, 9.17) is 5.11 Å². The van der Waals surface area contributed by atoms with Gasteiger partial charge in [0.2, 0.25) is 0 Å². The minimum atomic E-state index is -0.866. The summed E-state index contributed by atoms with van der Waals surface area (Å²) >= 11 is 1.19. The van der Waals surface area contributed by atoms with Gasteiger partial charge in [-0.2, -0.15) is 9.78 Å². The highest BCUT2D eigenvalue weighted by Gasteiger charge is 2.11. The molecule has 1 N–H and O–H groups in total. The van der Waals surface area contributed by atoms with E-state index in [-0.39, 0.29) is 5.75 Å². The van der Waals surface area contributed by atoms with Gasteiger partial charge in [-0.1, -0.05) is 11.8 Å². The molecule has 88 valence electrons. The minimum absolute atomic E-state index is 0.0159. The van der Waals surface area contributed by atoms with Gasteiger partial charge in [-0.05, 0) is 19.1 Å². The number of aryl methyl sites for hydroxylation is 1. The van der Waals surface area contributed by atoms with E-state index >= 15 is 0 Å². The molecule has 0 aliphatic heterocycles. The molecule has 0 saturated heterocycles. The number of hydrogen-bond acceptors (Lipinski definition) is 5. The average molecular weight is 250 g/mol. The van der Waals surface area contributed by atoms with Crippen molar-refractivity contribution in [2.24, 2.45) is 0 Å². The summed E-state index contributed by atoms with van der Waals surface area (Å²) in [5.41, 5.74) is 0.797. The van der Waals surface area contributed by atoms with Crippen LogP contribution in [-0.2, 0) is 4.79 Å². The second-order valence-electron chi connectivity index (χ2n) is 3.27. The third-order valence-electron chi connectivity index (χ3n) is 1.88. The summed E-state index contributed by atoms with van der Waals surface area (Å²) in [4.78, 5) is 18.7. The number of nitrogens with zero attached hydrogens (tertiary/aromatic N) is 4. The normalized spacial score (nSPS) is 10.4. The van der Waals surface area contributed by atoms with Gasteiger partial charge >= 0.3 is 5.97 Å². The minimum Gasteiger partial charge on any atom is -0.481 e. The van der Waals surface area contributed by atoms with Crippen LogP contribution in [0.25, 0.3) is 5.95 Å². The second-order valence-corrected chi connectivity index (χ2v) is 4.26. The first-order valence-corrected chi connectivity index (χ1v) is 5.84. The lowest BCUT2D eigenvalue weighted by molar-refractivity contribution is -0.133. The molecule has 6 nitrogen and oxygen atoms in total. The summed E-state index contributed by atoms with van der Waals surface area (Å²) in [6.07, 6.45) is 3.23. The van der Waals surface area contributed by atoms with E-state index in [9.17, 15) is 4.79 Å². The maximum absolute atomic E-state index is 10.5. The second kappa shape index (κ2) is 4.96. The monoisotopic (exact) mass is 250 g/mol. The molecule has 0 amide bonds.